The second-order valence-corrected chi connectivity index (χ2v) is 5.33. The molecule has 0 radical (unpaired) electrons. The minimum atomic E-state index is -0.585. The zero-order chi connectivity index (χ0) is 15.6. The Kier molecular flexibility index (Phi) is 4.37. The summed E-state index contributed by atoms with van der Waals surface area (Å²) in [4.78, 5) is 30.3. The number of nitrogens with two attached hydrogens (primary N) is 1. The van der Waals surface area contributed by atoms with Gasteiger partial charge < -0.3 is 15.5 Å². The number of nitro groups is 1. The molecule has 0 saturated carbocycles. The molecule has 1 amide bonds. The molecule has 8 heteroatoms. The van der Waals surface area contributed by atoms with Crippen molar-refractivity contribution in [1.82, 2.24) is 14.8 Å². The van der Waals surface area contributed by atoms with Gasteiger partial charge in [-0.1, -0.05) is 0 Å². The monoisotopic (exact) mass is 293 g/mol. The fourth-order valence-electron chi connectivity index (χ4n) is 2.47. The highest BCUT2D eigenvalue weighted by molar-refractivity contribution is 5.98. The Morgan fingerprint density at radius 1 is 1.52 bits per heavy atom. The van der Waals surface area contributed by atoms with Gasteiger partial charge in [0, 0.05) is 19.2 Å². The van der Waals surface area contributed by atoms with E-state index in [0.29, 0.717) is 0 Å². The van der Waals surface area contributed by atoms with Crippen LogP contribution in [-0.4, -0.2) is 58.8 Å². The third-order valence-corrected chi connectivity index (χ3v) is 3.90. The predicted molar refractivity (Wildman–Crippen MR) is 77.9 cm³/mol. The van der Waals surface area contributed by atoms with Crippen LogP contribution in [0.25, 0.3) is 0 Å². The molecule has 21 heavy (non-hydrogen) atoms. The van der Waals surface area contributed by atoms with E-state index in [0.717, 1.165) is 32.1 Å². The van der Waals surface area contributed by atoms with Crippen LogP contribution in [0.1, 0.15) is 23.2 Å². The molecule has 1 aliphatic rings. The van der Waals surface area contributed by atoms with Crippen molar-refractivity contribution in [3.05, 3.63) is 27.9 Å². The van der Waals surface area contributed by atoms with E-state index in [2.05, 4.69) is 9.88 Å². The van der Waals surface area contributed by atoms with Crippen LogP contribution in [0.15, 0.2) is 12.3 Å². The Hall–Kier alpha value is -2.22. The van der Waals surface area contributed by atoms with Crippen LogP contribution in [0.5, 0.6) is 0 Å². The van der Waals surface area contributed by atoms with Crippen LogP contribution < -0.4 is 5.73 Å². The van der Waals surface area contributed by atoms with Gasteiger partial charge in [0.05, 0.1) is 10.5 Å². The standard InChI is InChI=1S/C13H19N5O3/c1-16-5-3-9(4-6-16)17(2)13(19)11-7-10(18(20)21)8-15-12(11)14/h7-9H,3-6H2,1-2H3,(H2,14,15). The number of aromatic nitrogens is 1. The minimum absolute atomic E-state index is 0.0189. The summed E-state index contributed by atoms with van der Waals surface area (Å²) in [5, 5.41) is 10.8. The first kappa shape index (κ1) is 15.2. The summed E-state index contributed by atoms with van der Waals surface area (Å²) in [6.45, 7) is 1.84. The lowest BCUT2D eigenvalue weighted by Gasteiger charge is -2.35. The van der Waals surface area contributed by atoms with Crippen LogP contribution in [0.2, 0.25) is 0 Å². The van der Waals surface area contributed by atoms with Gasteiger partial charge in [-0.25, -0.2) is 4.98 Å². The Bertz CT molecular complexity index is 555. The number of nitrogen functional groups attached to an aromatic ring is 1. The van der Waals surface area contributed by atoms with E-state index in [9.17, 15) is 14.9 Å². The zero-order valence-corrected chi connectivity index (χ0v) is 12.2. The van der Waals surface area contributed by atoms with Gasteiger partial charge in [-0.2, -0.15) is 0 Å². The molecule has 2 rings (SSSR count). The molecule has 2 N–H and O–H groups in total. The smallest absolute Gasteiger partial charge is 0.288 e. The molecule has 8 nitrogen and oxygen atoms in total. The molecule has 114 valence electrons. The molecule has 0 atom stereocenters. The van der Waals surface area contributed by atoms with Crippen LogP contribution in [0.4, 0.5) is 11.5 Å². The Balaban J connectivity index is 2.19. The summed E-state index contributed by atoms with van der Waals surface area (Å²) in [5.41, 5.74) is 5.55. The van der Waals surface area contributed by atoms with Gasteiger partial charge in [0.2, 0.25) is 0 Å². The number of anilines is 1. The SMILES string of the molecule is CN1CCC(N(C)C(=O)c2cc([N+](=O)[O-])cnc2N)CC1. The summed E-state index contributed by atoms with van der Waals surface area (Å²) >= 11 is 0. The Morgan fingerprint density at radius 2 is 2.14 bits per heavy atom. The van der Waals surface area contributed by atoms with Crippen molar-refractivity contribution in [2.45, 2.75) is 18.9 Å². The van der Waals surface area contributed by atoms with Gasteiger partial charge >= 0.3 is 0 Å². The van der Waals surface area contributed by atoms with E-state index in [1.807, 2.05) is 7.05 Å². The van der Waals surface area contributed by atoms with E-state index in [-0.39, 0.29) is 29.0 Å². The van der Waals surface area contributed by atoms with Crippen molar-refractivity contribution in [2.24, 2.45) is 0 Å². The average molecular weight is 293 g/mol. The summed E-state index contributed by atoms with van der Waals surface area (Å²) in [5.74, 6) is -0.302. The summed E-state index contributed by atoms with van der Waals surface area (Å²) < 4.78 is 0. The predicted octanol–water partition coefficient (Wildman–Crippen LogP) is 0.738. The van der Waals surface area contributed by atoms with E-state index in [1.54, 1.807) is 11.9 Å². The van der Waals surface area contributed by atoms with E-state index < -0.39 is 4.92 Å². The Labute approximate surface area is 122 Å². The first-order valence-electron chi connectivity index (χ1n) is 6.75. The first-order chi connectivity index (χ1) is 9.90. The third-order valence-electron chi connectivity index (χ3n) is 3.90. The molecule has 1 aromatic heterocycles. The summed E-state index contributed by atoms with van der Waals surface area (Å²) in [6.07, 6.45) is 2.81. The fourth-order valence-corrected chi connectivity index (χ4v) is 2.47. The molecular weight excluding hydrogens is 274 g/mol. The molecular formula is C13H19N5O3. The molecule has 1 saturated heterocycles. The minimum Gasteiger partial charge on any atom is -0.383 e. The highest BCUT2D eigenvalue weighted by Crippen LogP contribution is 2.21. The number of piperidine rings is 1. The zero-order valence-electron chi connectivity index (χ0n) is 12.2. The number of carbonyl (C=O) groups excluding carboxylic acids is 1. The summed E-state index contributed by atoms with van der Waals surface area (Å²) in [6, 6.07) is 1.31. The van der Waals surface area contributed by atoms with Gasteiger partial charge in [-0.3, -0.25) is 14.9 Å². The van der Waals surface area contributed by atoms with Crippen LogP contribution in [-0.2, 0) is 0 Å². The van der Waals surface area contributed by atoms with Crippen LogP contribution in [0.3, 0.4) is 0 Å². The van der Waals surface area contributed by atoms with Gasteiger partial charge in [-0.15, -0.1) is 0 Å². The lowest BCUT2D eigenvalue weighted by molar-refractivity contribution is -0.385. The third kappa shape index (κ3) is 3.27. The second kappa shape index (κ2) is 6.04. The lowest BCUT2D eigenvalue weighted by Crippen LogP contribution is -2.44. The molecule has 1 aliphatic heterocycles. The number of pyridine rings is 1. The normalized spacial score (nSPS) is 16.7. The van der Waals surface area contributed by atoms with Crippen molar-refractivity contribution < 1.29 is 9.72 Å². The maximum atomic E-state index is 12.5. The van der Waals surface area contributed by atoms with Crippen molar-refractivity contribution in [1.29, 1.82) is 0 Å². The van der Waals surface area contributed by atoms with Crippen molar-refractivity contribution >= 4 is 17.4 Å². The molecule has 0 spiro atoms. The van der Waals surface area contributed by atoms with E-state index in [4.69, 9.17) is 5.73 Å². The quantitative estimate of drug-likeness (QED) is 0.650. The Morgan fingerprint density at radius 3 is 2.71 bits per heavy atom. The number of likely N-dealkylation sites (tertiary alicyclic amines) is 1. The van der Waals surface area contributed by atoms with Crippen molar-refractivity contribution in [3.63, 3.8) is 0 Å². The molecule has 0 aliphatic carbocycles. The maximum absolute atomic E-state index is 12.5. The van der Waals surface area contributed by atoms with E-state index >= 15 is 0 Å². The first-order valence-corrected chi connectivity index (χ1v) is 6.75. The number of hydrogen-bond donors (Lipinski definition) is 1. The highest BCUT2D eigenvalue weighted by Gasteiger charge is 2.27. The molecule has 1 aromatic rings. The van der Waals surface area contributed by atoms with Crippen molar-refractivity contribution in [2.75, 3.05) is 32.9 Å². The molecule has 0 unspecified atom stereocenters. The average Bonchev–Trinajstić information content (AvgIpc) is 2.47. The molecule has 0 bridgehead atoms. The van der Waals surface area contributed by atoms with Crippen molar-refractivity contribution in [3.8, 4) is 0 Å². The number of nitrogens with zero attached hydrogens (tertiary/aromatic N) is 4. The van der Waals surface area contributed by atoms with Gasteiger partial charge in [0.15, 0.2) is 0 Å². The highest BCUT2D eigenvalue weighted by atomic mass is 16.6. The van der Waals surface area contributed by atoms with Crippen LogP contribution in [0, 0.1) is 10.1 Å². The maximum Gasteiger partial charge on any atom is 0.288 e. The fraction of sp³-hybridized carbons (Fsp3) is 0.538. The number of carbonyl (C=O) groups is 1. The number of rotatable bonds is 3. The molecule has 1 fully saturated rings. The van der Waals surface area contributed by atoms with Gasteiger partial charge in [0.25, 0.3) is 11.6 Å². The molecule has 0 aromatic carbocycles. The van der Waals surface area contributed by atoms with Crippen LogP contribution >= 0.6 is 0 Å². The van der Waals surface area contributed by atoms with Gasteiger partial charge in [0.1, 0.15) is 12.0 Å². The lowest BCUT2D eigenvalue weighted by atomic mass is 10.0. The van der Waals surface area contributed by atoms with Gasteiger partial charge in [-0.05, 0) is 33.0 Å². The molecule has 2 heterocycles. The number of amides is 1. The second-order valence-electron chi connectivity index (χ2n) is 5.33. The number of hydrogen-bond acceptors (Lipinski definition) is 6. The summed E-state index contributed by atoms with van der Waals surface area (Å²) in [7, 11) is 3.75. The topological polar surface area (TPSA) is 106 Å². The van der Waals surface area contributed by atoms with E-state index in [1.165, 1.54) is 6.07 Å². The largest absolute Gasteiger partial charge is 0.383 e.